The molecule has 0 aliphatic carbocycles. The third-order valence-corrected chi connectivity index (χ3v) is 5.85. The van der Waals surface area contributed by atoms with Crippen LogP contribution in [0.2, 0.25) is 0 Å². The number of alkyl carbamates (subject to hydrolysis) is 1. The van der Waals surface area contributed by atoms with Crippen LogP contribution in [0.25, 0.3) is 22.4 Å². The first-order chi connectivity index (χ1) is 16.2. The third-order valence-electron chi connectivity index (χ3n) is 5.85. The first-order valence-electron chi connectivity index (χ1n) is 11.7. The van der Waals surface area contributed by atoms with Gasteiger partial charge in [0.1, 0.15) is 17.5 Å². The maximum atomic E-state index is 13.1. The fourth-order valence-corrected chi connectivity index (χ4v) is 4.24. The number of rotatable bonds is 5. The summed E-state index contributed by atoms with van der Waals surface area (Å²) in [6.45, 7) is 7.69. The first-order valence-corrected chi connectivity index (χ1v) is 11.7. The Kier molecular flexibility index (Phi) is 6.72. The number of carbonyl (C=O) groups is 2. The highest BCUT2D eigenvalue weighted by molar-refractivity contribution is 5.86. The summed E-state index contributed by atoms with van der Waals surface area (Å²) in [5.41, 5.74) is 3.66. The molecule has 7 heteroatoms. The molecule has 4 rings (SSSR count). The average Bonchev–Trinajstić information content (AvgIpc) is 3.47. The second-order valence-corrected chi connectivity index (χ2v) is 9.68. The van der Waals surface area contributed by atoms with Gasteiger partial charge < -0.3 is 19.9 Å². The molecule has 1 saturated heterocycles. The van der Waals surface area contributed by atoms with Crippen LogP contribution in [0.15, 0.2) is 60.8 Å². The quantitative estimate of drug-likeness (QED) is 0.539. The number of hydrogen-bond donors (Lipinski definition) is 2. The summed E-state index contributed by atoms with van der Waals surface area (Å²) in [5, 5.41) is 2.65. The minimum atomic E-state index is -0.685. The predicted octanol–water partition coefficient (Wildman–Crippen LogP) is 5.32. The van der Waals surface area contributed by atoms with Gasteiger partial charge in [-0.2, -0.15) is 0 Å². The van der Waals surface area contributed by atoms with E-state index in [9.17, 15) is 9.59 Å². The molecule has 1 aromatic heterocycles. The molecule has 0 bridgehead atoms. The van der Waals surface area contributed by atoms with E-state index in [-0.39, 0.29) is 11.9 Å². The maximum absolute atomic E-state index is 13.1. The second-order valence-electron chi connectivity index (χ2n) is 9.68. The van der Waals surface area contributed by atoms with Crippen molar-refractivity contribution in [3.05, 3.63) is 66.6 Å². The smallest absolute Gasteiger partial charge is 0.408 e. The number of aromatic nitrogens is 2. The number of carbonyl (C=O) groups excluding carboxylic acids is 2. The van der Waals surface area contributed by atoms with Gasteiger partial charge >= 0.3 is 6.09 Å². The minimum Gasteiger partial charge on any atom is -0.444 e. The molecule has 2 N–H and O–H groups in total. The minimum absolute atomic E-state index is 0.140. The Hall–Kier alpha value is -3.61. The maximum Gasteiger partial charge on any atom is 0.408 e. The highest BCUT2D eigenvalue weighted by atomic mass is 16.6. The molecule has 0 saturated carbocycles. The summed E-state index contributed by atoms with van der Waals surface area (Å²) in [4.78, 5) is 35.0. The van der Waals surface area contributed by atoms with Crippen molar-refractivity contribution in [1.29, 1.82) is 0 Å². The Balaban J connectivity index is 1.44. The van der Waals surface area contributed by atoms with Crippen LogP contribution >= 0.6 is 0 Å². The molecule has 2 aromatic carbocycles. The van der Waals surface area contributed by atoms with Crippen LogP contribution in [0, 0.1) is 0 Å². The fourth-order valence-electron chi connectivity index (χ4n) is 4.24. The number of imidazole rings is 1. The van der Waals surface area contributed by atoms with Crippen LogP contribution in [0.4, 0.5) is 4.79 Å². The second kappa shape index (κ2) is 9.71. The molecule has 7 nitrogen and oxygen atoms in total. The highest BCUT2D eigenvalue weighted by Gasteiger charge is 2.35. The standard InChI is InChI=1S/C27H32N4O3/c1-18(29-26(33)34-27(2,3)4)25(32)31-16-8-11-23(31)24-28-17-22(30-24)21-14-12-20(13-15-21)19-9-6-5-7-10-19/h5-7,9-10,12-15,17-18,23H,8,11,16H2,1-4H3,(H,28,30)(H,29,33)/t18-,23+/m0/s1. The van der Waals surface area contributed by atoms with Crippen molar-refractivity contribution >= 4 is 12.0 Å². The zero-order valence-corrected chi connectivity index (χ0v) is 20.2. The third kappa shape index (κ3) is 5.47. The van der Waals surface area contributed by atoms with Crippen LogP contribution in [-0.2, 0) is 9.53 Å². The highest BCUT2D eigenvalue weighted by Crippen LogP contribution is 2.32. The molecule has 3 aromatic rings. The number of nitrogens with one attached hydrogen (secondary N) is 2. The summed E-state index contributed by atoms with van der Waals surface area (Å²) in [7, 11) is 0. The zero-order valence-electron chi connectivity index (χ0n) is 20.2. The topological polar surface area (TPSA) is 87.3 Å². The SMILES string of the molecule is C[C@H](NC(=O)OC(C)(C)C)C(=O)N1CCC[C@@H]1c1ncc(-c2ccc(-c3ccccc3)cc2)[nH]1. The molecule has 0 spiro atoms. The van der Waals surface area contributed by atoms with Crippen molar-refractivity contribution in [2.24, 2.45) is 0 Å². The number of likely N-dealkylation sites (tertiary alicyclic amines) is 1. The first kappa shape index (κ1) is 23.5. The molecular formula is C27H32N4O3. The number of ether oxygens (including phenoxy) is 1. The molecule has 1 fully saturated rings. The van der Waals surface area contributed by atoms with Crippen LogP contribution in [-0.4, -0.2) is 45.1 Å². The van der Waals surface area contributed by atoms with Crippen molar-refractivity contribution in [2.75, 3.05) is 6.54 Å². The monoisotopic (exact) mass is 460 g/mol. The van der Waals surface area contributed by atoms with Gasteiger partial charge in [-0.05, 0) is 57.2 Å². The van der Waals surface area contributed by atoms with Gasteiger partial charge in [0.25, 0.3) is 0 Å². The Morgan fingerprint density at radius 3 is 2.38 bits per heavy atom. The van der Waals surface area contributed by atoms with Crippen molar-refractivity contribution in [1.82, 2.24) is 20.2 Å². The average molecular weight is 461 g/mol. The summed E-state index contributed by atoms with van der Waals surface area (Å²) >= 11 is 0. The molecule has 1 aliphatic heterocycles. The lowest BCUT2D eigenvalue weighted by molar-refractivity contribution is -0.134. The normalized spacial score (nSPS) is 16.8. The molecule has 0 unspecified atom stereocenters. The molecule has 178 valence electrons. The van der Waals surface area contributed by atoms with Gasteiger partial charge in [-0.1, -0.05) is 54.6 Å². The van der Waals surface area contributed by atoms with E-state index in [0.717, 1.165) is 35.5 Å². The van der Waals surface area contributed by atoms with Gasteiger partial charge in [0.2, 0.25) is 5.91 Å². The molecular weight excluding hydrogens is 428 g/mol. The number of aromatic amines is 1. The summed E-state index contributed by atoms with van der Waals surface area (Å²) in [5.74, 6) is 0.621. The summed E-state index contributed by atoms with van der Waals surface area (Å²) in [6.07, 6.45) is 2.93. The van der Waals surface area contributed by atoms with Crippen LogP contribution in [0.3, 0.4) is 0 Å². The van der Waals surface area contributed by atoms with Crippen molar-refractivity contribution < 1.29 is 14.3 Å². The van der Waals surface area contributed by atoms with E-state index < -0.39 is 17.7 Å². The zero-order chi connectivity index (χ0) is 24.3. The molecule has 34 heavy (non-hydrogen) atoms. The van der Waals surface area contributed by atoms with Crippen molar-refractivity contribution in [3.8, 4) is 22.4 Å². The molecule has 2 heterocycles. The number of amides is 2. The number of hydrogen-bond acceptors (Lipinski definition) is 4. The van der Waals surface area contributed by atoms with E-state index in [4.69, 9.17) is 4.74 Å². The van der Waals surface area contributed by atoms with E-state index in [1.165, 1.54) is 5.56 Å². The Bertz CT molecular complexity index is 1130. The van der Waals surface area contributed by atoms with Crippen LogP contribution in [0.1, 0.15) is 52.4 Å². The van der Waals surface area contributed by atoms with Gasteiger partial charge in [-0.3, -0.25) is 4.79 Å². The van der Waals surface area contributed by atoms with Gasteiger partial charge in [0.15, 0.2) is 0 Å². The number of benzene rings is 2. The van der Waals surface area contributed by atoms with E-state index in [1.54, 1.807) is 32.6 Å². The van der Waals surface area contributed by atoms with Gasteiger partial charge in [-0.15, -0.1) is 0 Å². The van der Waals surface area contributed by atoms with Crippen molar-refractivity contribution in [2.45, 2.75) is 58.2 Å². The molecule has 0 radical (unpaired) electrons. The summed E-state index contributed by atoms with van der Waals surface area (Å²) in [6, 6.07) is 17.8. The van der Waals surface area contributed by atoms with Gasteiger partial charge in [0.05, 0.1) is 17.9 Å². The van der Waals surface area contributed by atoms with Crippen LogP contribution in [0.5, 0.6) is 0 Å². The fraction of sp³-hybridized carbons (Fsp3) is 0.370. The Labute approximate surface area is 200 Å². The van der Waals surface area contributed by atoms with Gasteiger partial charge in [-0.25, -0.2) is 9.78 Å². The van der Waals surface area contributed by atoms with E-state index in [2.05, 4.69) is 51.7 Å². The lowest BCUT2D eigenvalue weighted by Crippen LogP contribution is -2.48. The Morgan fingerprint density at radius 2 is 1.71 bits per heavy atom. The lowest BCUT2D eigenvalue weighted by atomic mass is 10.0. The molecule has 2 atom stereocenters. The van der Waals surface area contributed by atoms with E-state index in [0.29, 0.717) is 6.54 Å². The molecule has 2 amide bonds. The lowest BCUT2D eigenvalue weighted by Gasteiger charge is -2.27. The van der Waals surface area contributed by atoms with E-state index >= 15 is 0 Å². The van der Waals surface area contributed by atoms with Crippen LogP contribution < -0.4 is 5.32 Å². The Morgan fingerprint density at radius 1 is 1.06 bits per heavy atom. The predicted molar refractivity (Wildman–Crippen MR) is 132 cm³/mol. The molecule has 1 aliphatic rings. The summed E-state index contributed by atoms with van der Waals surface area (Å²) < 4.78 is 5.28. The van der Waals surface area contributed by atoms with E-state index in [1.807, 2.05) is 24.4 Å². The largest absolute Gasteiger partial charge is 0.444 e. The number of H-pyrrole nitrogens is 1. The van der Waals surface area contributed by atoms with Crippen molar-refractivity contribution in [3.63, 3.8) is 0 Å². The van der Waals surface area contributed by atoms with Gasteiger partial charge in [0, 0.05) is 6.54 Å². The number of nitrogens with zero attached hydrogens (tertiary/aromatic N) is 2.